The van der Waals surface area contributed by atoms with E-state index in [2.05, 4.69) is 15.7 Å². The summed E-state index contributed by atoms with van der Waals surface area (Å²) in [6.45, 7) is 0. The summed E-state index contributed by atoms with van der Waals surface area (Å²) < 4.78 is 1.69. The molecule has 3 unspecified atom stereocenters. The van der Waals surface area contributed by atoms with Gasteiger partial charge in [0, 0.05) is 25.4 Å². The molecule has 1 saturated heterocycles. The summed E-state index contributed by atoms with van der Waals surface area (Å²) in [7, 11) is 1.85. The van der Waals surface area contributed by atoms with Crippen LogP contribution in [0.5, 0.6) is 0 Å². The van der Waals surface area contributed by atoms with E-state index >= 15 is 0 Å². The zero-order valence-electron chi connectivity index (χ0n) is 11.1. The Kier molecular flexibility index (Phi) is 4.47. The lowest BCUT2D eigenvalue weighted by Crippen LogP contribution is -2.39. The molecule has 2 fully saturated rings. The zero-order chi connectivity index (χ0) is 12.5. The molecule has 0 bridgehead atoms. The van der Waals surface area contributed by atoms with Gasteiger partial charge in [-0.3, -0.25) is 9.48 Å². The molecule has 5 nitrogen and oxygen atoms in total. The maximum Gasteiger partial charge on any atom is 0.242 e. The van der Waals surface area contributed by atoms with Crippen molar-refractivity contribution in [2.24, 2.45) is 13.0 Å². The molecule has 3 rings (SSSR count). The van der Waals surface area contributed by atoms with Crippen LogP contribution < -0.4 is 10.6 Å². The highest BCUT2D eigenvalue weighted by Crippen LogP contribution is 2.33. The number of nitrogens with one attached hydrogen (secondary N) is 2. The quantitative estimate of drug-likeness (QED) is 0.869. The van der Waals surface area contributed by atoms with Gasteiger partial charge in [0.05, 0.1) is 6.04 Å². The molecule has 106 valence electrons. The number of aryl methyl sites for hydroxylation is 1. The molecule has 19 heavy (non-hydrogen) atoms. The molecule has 0 radical (unpaired) electrons. The second-order valence-corrected chi connectivity index (χ2v) is 5.47. The van der Waals surface area contributed by atoms with Gasteiger partial charge in [-0.2, -0.15) is 5.10 Å². The summed E-state index contributed by atoms with van der Waals surface area (Å²) in [5.41, 5.74) is 0. The molecule has 1 aliphatic heterocycles. The van der Waals surface area contributed by atoms with Gasteiger partial charge in [-0.05, 0) is 25.2 Å². The van der Waals surface area contributed by atoms with Crippen molar-refractivity contribution < 1.29 is 4.79 Å². The van der Waals surface area contributed by atoms with Gasteiger partial charge in [0.1, 0.15) is 0 Å². The van der Waals surface area contributed by atoms with Crippen molar-refractivity contribution in [3.63, 3.8) is 0 Å². The van der Waals surface area contributed by atoms with Crippen LogP contribution in [0.15, 0.2) is 12.3 Å². The van der Waals surface area contributed by atoms with Crippen molar-refractivity contribution in [2.45, 2.75) is 44.2 Å². The van der Waals surface area contributed by atoms with Crippen LogP contribution in [0.25, 0.3) is 0 Å². The Bertz CT molecular complexity index is 434. The highest BCUT2D eigenvalue weighted by atomic mass is 35.5. The number of amides is 1. The monoisotopic (exact) mass is 284 g/mol. The molecule has 1 amide bonds. The van der Waals surface area contributed by atoms with Gasteiger partial charge in [0.25, 0.3) is 0 Å². The minimum Gasteiger partial charge on any atom is -0.308 e. The van der Waals surface area contributed by atoms with Crippen molar-refractivity contribution in [2.75, 3.05) is 5.32 Å². The summed E-state index contributed by atoms with van der Waals surface area (Å²) in [5, 5.41) is 10.5. The van der Waals surface area contributed by atoms with Gasteiger partial charge in [0.2, 0.25) is 5.91 Å². The Hall–Kier alpha value is -1.07. The molecular weight excluding hydrogens is 264 g/mol. The van der Waals surface area contributed by atoms with E-state index in [1.807, 2.05) is 19.3 Å². The lowest BCUT2D eigenvalue weighted by Gasteiger charge is -2.24. The predicted octanol–water partition coefficient (Wildman–Crippen LogP) is 1.70. The van der Waals surface area contributed by atoms with Crippen molar-refractivity contribution >= 4 is 24.1 Å². The predicted molar refractivity (Wildman–Crippen MR) is 76.4 cm³/mol. The summed E-state index contributed by atoms with van der Waals surface area (Å²) >= 11 is 0. The molecule has 2 aliphatic rings. The van der Waals surface area contributed by atoms with Crippen molar-refractivity contribution in [1.82, 2.24) is 15.1 Å². The van der Waals surface area contributed by atoms with Crippen LogP contribution >= 0.6 is 12.4 Å². The van der Waals surface area contributed by atoms with E-state index < -0.39 is 0 Å². The summed E-state index contributed by atoms with van der Waals surface area (Å²) in [4.78, 5) is 12.1. The molecule has 0 spiro atoms. The number of carbonyl (C=O) groups excluding carboxylic acids is 1. The standard InChI is InChI=1S/C13H20N4O.ClH/c1-17-7-6-12(16-17)15-13(18)11-8-9-4-2-3-5-10(9)14-11;/h6-7,9-11,14H,2-5,8H2,1H3,(H,15,16,18);1H. The highest BCUT2D eigenvalue weighted by molar-refractivity contribution is 5.94. The molecule has 6 heteroatoms. The summed E-state index contributed by atoms with van der Waals surface area (Å²) in [6, 6.07) is 2.33. The minimum atomic E-state index is -0.0416. The number of hydrogen-bond acceptors (Lipinski definition) is 3. The number of nitrogens with zero attached hydrogens (tertiary/aromatic N) is 2. The normalized spacial score (nSPS) is 29.4. The molecule has 1 aromatic rings. The zero-order valence-corrected chi connectivity index (χ0v) is 11.9. The van der Waals surface area contributed by atoms with E-state index in [0.29, 0.717) is 17.8 Å². The number of fused-ring (bicyclic) bond motifs is 1. The number of hydrogen-bond donors (Lipinski definition) is 2. The second kappa shape index (κ2) is 5.92. The van der Waals surface area contributed by atoms with Gasteiger partial charge < -0.3 is 10.6 Å². The molecule has 2 N–H and O–H groups in total. The first-order valence-corrected chi connectivity index (χ1v) is 6.79. The van der Waals surface area contributed by atoms with Crippen LogP contribution in [0.4, 0.5) is 5.82 Å². The van der Waals surface area contributed by atoms with Crippen LogP contribution in [0.1, 0.15) is 32.1 Å². The van der Waals surface area contributed by atoms with E-state index in [1.165, 1.54) is 25.7 Å². The fraction of sp³-hybridized carbons (Fsp3) is 0.692. The third kappa shape index (κ3) is 3.09. The average Bonchev–Trinajstić information content (AvgIpc) is 2.95. The molecule has 1 aliphatic carbocycles. The third-order valence-electron chi connectivity index (χ3n) is 4.14. The molecule has 1 aromatic heterocycles. The summed E-state index contributed by atoms with van der Waals surface area (Å²) in [5.74, 6) is 1.39. The summed E-state index contributed by atoms with van der Waals surface area (Å²) in [6.07, 6.45) is 7.91. The third-order valence-corrected chi connectivity index (χ3v) is 4.14. The smallest absolute Gasteiger partial charge is 0.242 e. The molecule has 2 heterocycles. The van der Waals surface area contributed by atoms with Crippen LogP contribution in [-0.2, 0) is 11.8 Å². The Morgan fingerprint density at radius 2 is 2.26 bits per heavy atom. The lowest BCUT2D eigenvalue weighted by molar-refractivity contribution is -0.117. The Labute approximate surface area is 119 Å². The van der Waals surface area contributed by atoms with Gasteiger partial charge >= 0.3 is 0 Å². The van der Waals surface area contributed by atoms with Crippen molar-refractivity contribution in [1.29, 1.82) is 0 Å². The Morgan fingerprint density at radius 1 is 1.47 bits per heavy atom. The van der Waals surface area contributed by atoms with Gasteiger partial charge in [-0.1, -0.05) is 12.8 Å². The SMILES string of the molecule is Cl.Cn1ccc(NC(=O)C2CC3CCCCC3N2)n1. The number of anilines is 1. The van der Waals surface area contributed by atoms with E-state index in [4.69, 9.17) is 0 Å². The fourth-order valence-corrected chi connectivity index (χ4v) is 3.22. The van der Waals surface area contributed by atoms with Crippen LogP contribution in [0, 0.1) is 5.92 Å². The van der Waals surface area contributed by atoms with Gasteiger partial charge in [-0.15, -0.1) is 12.4 Å². The van der Waals surface area contributed by atoms with Crippen LogP contribution in [0.3, 0.4) is 0 Å². The maximum atomic E-state index is 12.1. The van der Waals surface area contributed by atoms with Crippen LogP contribution in [0.2, 0.25) is 0 Å². The molecule has 0 aromatic carbocycles. The molecular formula is C13H21ClN4O. The lowest BCUT2D eigenvalue weighted by atomic mass is 9.85. The maximum absolute atomic E-state index is 12.1. The molecule has 3 atom stereocenters. The van der Waals surface area contributed by atoms with Crippen molar-refractivity contribution in [3.05, 3.63) is 12.3 Å². The number of aromatic nitrogens is 2. The first-order chi connectivity index (χ1) is 8.72. The topological polar surface area (TPSA) is 59.0 Å². The van der Waals surface area contributed by atoms with Crippen molar-refractivity contribution in [3.8, 4) is 0 Å². The highest BCUT2D eigenvalue weighted by Gasteiger charge is 2.38. The first-order valence-electron chi connectivity index (χ1n) is 6.79. The molecule has 1 saturated carbocycles. The Morgan fingerprint density at radius 3 is 2.95 bits per heavy atom. The largest absolute Gasteiger partial charge is 0.308 e. The van der Waals surface area contributed by atoms with Gasteiger partial charge in [-0.25, -0.2) is 0 Å². The number of carbonyl (C=O) groups is 1. The van der Waals surface area contributed by atoms with Gasteiger partial charge in [0.15, 0.2) is 5.82 Å². The van der Waals surface area contributed by atoms with E-state index in [9.17, 15) is 4.79 Å². The Balaban J connectivity index is 0.00000133. The average molecular weight is 285 g/mol. The van der Waals surface area contributed by atoms with Crippen LogP contribution in [-0.4, -0.2) is 27.8 Å². The van der Waals surface area contributed by atoms with E-state index in [1.54, 1.807) is 4.68 Å². The first kappa shape index (κ1) is 14.3. The minimum absolute atomic E-state index is 0. The van der Waals surface area contributed by atoms with E-state index in [-0.39, 0.29) is 24.4 Å². The number of halogens is 1. The van der Waals surface area contributed by atoms with E-state index in [0.717, 1.165) is 6.42 Å². The fourth-order valence-electron chi connectivity index (χ4n) is 3.22. The second-order valence-electron chi connectivity index (χ2n) is 5.47. The number of rotatable bonds is 2.